The van der Waals surface area contributed by atoms with E-state index in [4.69, 9.17) is 14.2 Å². The normalized spacial score (nSPS) is 12.5. The minimum absolute atomic E-state index is 0.0663. The number of carbonyl (C=O) groups is 3. The molecule has 0 amide bonds. The van der Waals surface area contributed by atoms with Gasteiger partial charge in [0, 0.05) is 19.3 Å². The zero-order chi connectivity index (χ0) is 38.2. The second kappa shape index (κ2) is 40.6. The standard InChI is InChI=1S/C46H88O6/c1-5-8-10-12-13-14-15-16-17-18-19-20-21-22-23-24-25-31-35-39-46(49)52-43(40-50-44(47)37-33-28-11-9-6-2)41-51-45(48)38-34-30-27-26-29-32-36-42(4)7-3/h42-43H,5-41H2,1-4H3/t42?,43-/m1/s1. The number of rotatable bonds is 41. The molecule has 0 aliphatic heterocycles. The van der Waals surface area contributed by atoms with Gasteiger partial charge in [0.05, 0.1) is 0 Å². The average Bonchev–Trinajstić information content (AvgIpc) is 3.14. The van der Waals surface area contributed by atoms with Crippen LogP contribution in [-0.4, -0.2) is 37.2 Å². The van der Waals surface area contributed by atoms with Crippen LogP contribution in [0.15, 0.2) is 0 Å². The van der Waals surface area contributed by atoms with Gasteiger partial charge in [0.25, 0.3) is 0 Å². The molecule has 0 heterocycles. The topological polar surface area (TPSA) is 78.9 Å². The highest BCUT2D eigenvalue weighted by Gasteiger charge is 2.19. The van der Waals surface area contributed by atoms with Crippen molar-refractivity contribution in [1.82, 2.24) is 0 Å². The van der Waals surface area contributed by atoms with Gasteiger partial charge in [0.1, 0.15) is 13.2 Å². The Labute approximate surface area is 323 Å². The van der Waals surface area contributed by atoms with Crippen molar-refractivity contribution in [2.24, 2.45) is 5.92 Å². The summed E-state index contributed by atoms with van der Waals surface area (Å²) >= 11 is 0. The number of ether oxygens (including phenoxy) is 3. The van der Waals surface area contributed by atoms with Gasteiger partial charge in [0.2, 0.25) is 0 Å². The van der Waals surface area contributed by atoms with Crippen molar-refractivity contribution >= 4 is 17.9 Å². The minimum atomic E-state index is -0.758. The molecular weight excluding hydrogens is 648 g/mol. The third-order valence-corrected chi connectivity index (χ3v) is 10.7. The first kappa shape index (κ1) is 50.4. The minimum Gasteiger partial charge on any atom is -0.462 e. The summed E-state index contributed by atoms with van der Waals surface area (Å²) in [5.74, 6) is -0.0574. The number of hydrogen-bond donors (Lipinski definition) is 0. The van der Waals surface area contributed by atoms with Gasteiger partial charge in [-0.15, -0.1) is 0 Å². The molecule has 0 rings (SSSR count). The Balaban J connectivity index is 4.12. The van der Waals surface area contributed by atoms with Crippen molar-refractivity contribution in [2.45, 2.75) is 259 Å². The molecule has 0 aromatic heterocycles. The summed E-state index contributed by atoms with van der Waals surface area (Å²) < 4.78 is 16.6. The number of esters is 3. The van der Waals surface area contributed by atoms with Crippen LogP contribution < -0.4 is 0 Å². The maximum atomic E-state index is 12.7. The lowest BCUT2D eigenvalue weighted by Crippen LogP contribution is -2.30. The Morgan fingerprint density at radius 1 is 0.385 bits per heavy atom. The first-order valence-electron chi connectivity index (χ1n) is 22.9. The Bertz CT molecular complexity index is 783. The fourth-order valence-corrected chi connectivity index (χ4v) is 6.77. The quantitative estimate of drug-likeness (QED) is 0.0353. The van der Waals surface area contributed by atoms with Crippen LogP contribution in [0.3, 0.4) is 0 Å². The summed E-state index contributed by atoms with van der Waals surface area (Å²) in [4.78, 5) is 37.4. The summed E-state index contributed by atoms with van der Waals surface area (Å²) in [7, 11) is 0. The molecule has 52 heavy (non-hydrogen) atoms. The van der Waals surface area contributed by atoms with E-state index < -0.39 is 6.10 Å². The maximum absolute atomic E-state index is 12.7. The number of unbranched alkanes of at least 4 members (excludes halogenated alkanes) is 27. The molecule has 1 unspecified atom stereocenters. The van der Waals surface area contributed by atoms with E-state index in [1.54, 1.807) is 0 Å². The number of carbonyl (C=O) groups excluding carboxylic acids is 3. The molecule has 0 saturated heterocycles. The molecule has 0 aliphatic carbocycles. The molecule has 0 bridgehead atoms. The first-order chi connectivity index (χ1) is 25.4. The molecule has 0 saturated carbocycles. The van der Waals surface area contributed by atoms with Crippen LogP contribution in [-0.2, 0) is 28.6 Å². The summed E-state index contributed by atoms with van der Waals surface area (Å²) in [6.45, 7) is 8.89. The second-order valence-corrected chi connectivity index (χ2v) is 15.9. The highest BCUT2D eigenvalue weighted by molar-refractivity contribution is 5.71. The van der Waals surface area contributed by atoms with Gasteiger partial charge in [-0.25, -0.2) is 0 Å². The monoisotopic (exact) mass is 737 g/mol. The average molecular weight is 737 g/mol. The van der Waals surface area contributed by atoms with Gasteiger partial charge in [-0.1, -0.05) is 214 Å². The third kappa shape index (κ3) is 38.1. The van der Waals surface area contributed by atoms with Crippen LogP contribution in [0.2, 0.25) is 0 Å². The van der Waals surface area contributed by atoms with Gasteiger partial charge in [-0.2, -0.15) is 0 Å². The van der Waals surface area contributed by atoms with Crippen molar-refractivity contribution < 1.29 is 28.6 Å². The Morgan fingerprint density at radius 3 is 1.00 bits per heavy atom. The lowest BCUT2D eigenvalue weighted by molar-refractivity contribution is -0.167. The van der Waals surface area contributed by atoms with E-state index in [2.05, 4.69) is 27.7 Å². The lowest BCUT2D eigenvalue weighted by Gasteiger charge is -2.18. The molecule has 6 nitrogen and oxygen atoms in total. The zero-order valence-electron chi connectivity index (χ0n) is 35.3. The first-order valence-corrected chi connectivity index (χ1v) is 22.9. The molecule has 0 spiro atoms. The molecule has 308 valence electrons. The summed E-state index contributed by atoms with van der Waals surface area (Å²) in [5.41, 5.74) is 0. The Morgan fingerprint density at radius 2 is 0.673 bits per heavy atom. The molecule has 0 fully saturated rings. The Hall–Kier alpha value is -1.59. The summed E-state index contributed by atoms with van der Waals surface area (Å²) in [5, 5.41) is 0. The van der Waals surface area contributed by atoms with E-state index >= 15 is 0 Å². The Kier molecular flexibility index (Phi) is 39.4. The van der Waals surface area contributed by atoms with E-state index in [9.17, 15) is 14.4 Å². The lowest BCUT2D eigenvalue weighted by atomic mass is 10.00. The van der Waals surface area contributed by atoms with Crippen LogP contribution in [0.5, 0.6) is 0 Å². The summed E-state index contributed by atoms with van der Waals surface area (Å²) in [6, 6.07) is 0. The van der Waals surface area contributed by atoms with Gasteiger partial charge >= 0.3 is 17.9 Å². The van der Waals surface area contributed by atoms with Crippen LogP contribution >= 0.6 is 0 Å². The van der Waals surface area contributed by atoms with Crippen molar-refractivity contribution in [2.75, 3.05) is 13.2 Å². The molecular formula is C46H88O6. The van der Waals surface area contributed by atoms with E-state index in [1.165, 1.54) is 141 Å². The third-order valence-electron chi connectivity index (χ3n) is 10.7. The van der Waals surface area contributed by atoms with E-state index in [0.717, 1.165) is 70.1 Å². The van der Waals surface area contributed by atoms with E-state index in [0.29, 0.717) is 19.3 Å². The smallest absolute Gasteiger partial charge is 0.306 e. The SMILES string of the molecule is CCCCCCCCCCCCCCCCCCCCCC(=O)O[C@H](COC(=O)CCCCCCC)COC(=O)CCCCCCCCC(C)CC. The fraction of sp³-hybridized carbons (Fsp3) is 0.935. The molecule has 0 N–H and O–H groups in total. The predicted molar refractivity (Wildman–Crippen MR) is 220 cm³/mol. The van der Waals surface area contributed by atoms with E-state index in [-0.39, 0.29) is 31.1 Å². The molecule has 0 aromatic carbocycles. The zero-order valence-corrected chi connectivity index (χ0v) is 35.3. The van der Waals surface area contributed by atoms with E-state index in [1.807, 2.05) is 0 Å². The molecule has 2 atom stereocenters. The summed E-state index contributed by atoms with van der Waals surface area (Å²) in [6.07, 6.45) is 39.8. The van der Waals surface area contributed by atoms with Crippen molar-refractivity contribution in [1.29, 1.82) is 0 Å². The van der Waals surface area contributed by atoms with Crippen LogP contribution in [0, 0.1) is 5.92 Å². The van der Waals surface area contributed by atoms with Gasteiger partial charge in [-0.05, 0) is 25.2 Å². The van der Waals surface area contributed by atoms with Gasteiger partial charge in [-0.3, -0.25) is 14.4 Å². The van der Waals surface area contributed by atoms with Gasteiger partial charge in [0.15, 0.2) is 6.10 Å². The largest absolute Gasteiger partial charge is 0.462 e. The molecule has 0 aromatic rings. The highest BCUT2D eigenvalue weighted by Crippen LogP contribution is 2.17. The van der Waals surface area contributed by atoms with Crippen LogP contribution in [0.1, 0.15) is 252 Å². The molecule has 0 radical (unpaired) electrons. The molecule has 0 aliphatic rings. The highest BCUT2D eigenvalue weighted by atomic mass is 16.6. The predicted octanol–water partition coefficient (Wildman–Crippen LogP) is 14.3. The second-order valence-electron chi connectivity index (χ2n) is 15.9. The fourth-order valence-electron chi connectivity index (χ4n) is 6.77. The van der Waals surface area contributed by atoms with Crippen LogP contribution in [0.4, 0.5) is 0 Å². The van der Waals surface area contributed by atoms with Crippen molar-refractivity contribution in [3.63, 3.8) is 0 Å². The molecule has 6 heteroatoms. The van der Waals surface area contributed by atoms with Crippen molar-refractivity contribution in [3.8, 4) is 0 Å². The maximum Gasteiger partial charge on any atom is 0.306 e. The van der Waals surface area contributed by atoms with Crippen LogP contribution in [0.25, 0.3) is 0 Å². The van der Waals surface area contributed by atoms with Crippen molar-refractivity contribution in [3.05, 3.63) is 0 Å². The number of hydrogen-bond acceptors (Lipinski definition) is 6. The van der Waals surface area contributed by atoms with Gasteiger partial charge < -0.3 is 14.2 Å².